The third-order valence-electron chi connectivity index (χ3n) is 8.03. The van der Waals surface area contributed by atoms with Gasteiger partial charge in [-0.25, -0.2) is 0 Å². The first-order valence-corrected chi connectivity index (χ1v) is 11.5. The summed E-state index contributed by atoms with van der Waals surface area (Å²) in [6, 6.07) is 0. The number of piperazine rings is 1. The van der Waals surface area contributed by atoms with Gasteiger partial charge in [0, 0.05) is 45.2 Å². The van der Waals surface area contributed by atoms with Crippen LogP contribution in [0.1, 0.15) is 39.0 Å². The first-order valence-electron chi connectivity index (χ1n) is 11.5. The smallest absolute Gasteiger partial charge is 0.310 e. The summed E-state index contributed by atoms with van der Waals surface area (Å²) >= 11 is 0. The molecule has 0 aromatic carbocycles. The second kappa shape index (κ2) is 9.04. The Hall–Kier alpha value is -0.950. The summed E-state index contributed by atoms with van der Waals surface area (Å²) in [5, 5.41) is 8.78. The topological polar surface area (TPSA) is 62.2 Å². The van der Waals surface area contributed by atoms with E-state index in [-0.39, 0.29) is 30.0 Å². The molecular formula is C23H38N2O4. The van der Waals surface area contributed by atoms with Gasteiger partial charge >= 0.3 is 5.97 Å². The molecular weight excluding hydrogens is 368 g/mol. The Morgan fingerprint density at radius 3 is 2.76 bits per heavy atom. The van der Waals surface area contributed by atoms with Gasteiger partial charge in [-0.15, -0.1) is 0 Å². The number of ether oxygens (including phenoxy) is 2. The molecule has 2 aliphatic heterocycles. The standard InChI is InChI=1S/C23H38N2O4/c1-17-4-3-5-23(2)15-21-18(14-20(17)23)19(22(27)29-21)16-25-8-6-24(7-9-25)10-12-28-13-11-26/h18-21,26H,1,3-16H2,2H3/t18-,19+,20+,21+,23+/m0/s1. The monoisotopic (exact) mass is 406 g/mol. The molecule has 1 N–H and O–H groups in total. The number of nitrogens with zero attached hydrogens (tertiary/aromatic N) is 2. The van der Waals surface area contributed by atoms with Gasteiger partial charge in [0.15, 0.2) is 0 Å². The second-order valence-electron chi connectivity index (χ2n) is 9.88. The minimum Gasteiger partial charge on any atom is -0.462 e. The van der Waals surface area contributed by atoms with Crippen LogP contribution >= 0.6 is 0 Å². The van der Waals surface area contributed by atoms with Crippen molar-refractivity contribution in [1.29, 1.82) is 0 Å². The highest BCUT2D eigenvalue weighted by atomic mass is 16.6. The minimum atomic E-state index is 0.0266. The number of carbonyl (C=O) groups is 1. The van der Waals surface area contributed by atoms with Crippen LogP contribution in [0, 0.1) is 23.2 Å². The molecule has 0 amide bonds. The fourth-order valence-electron chi connectivity index (χ4n) is 6.30. The summed E-state index contributed by atoms with van der Waals surface area (Å²) < 4.78 is 11.3. The second-order valence-corrected chi connectivity index (χ2v) is 9.88. The lowest BCUT2D eigenvalue weighted by atomic mass is 9.55. The summed E-state index contributed by atoms with van der Waals surface area (Å²) in [5.41, 5.74) is 1.68. The van der Waals surface area contributed by atoms with E-state index in [1.54, 1.807) is 0 Å². The van der Waals surface area contributed by atoms with Crippen LogP contribution in [0.15, 0.2) is 12.2 Å². The number of hydrogen-bond acceptors (Lipinski definition) is 6. The minimum absolute atomic E-state index is 0.0266. The molecule has 4 fully saturated rings. The third-order valence-corrected chi connectivity index (χ3v) is 8.03. The zero-order valence-corrected chi connectivity index (χ0v) is 18.0. The zero-order chi connectivity index (χ0) is 20.4. The molecule has 164 valence electrons. The molecule has 2 aliphatic carbocycles. The summed E-state index contributed by atoms with van der Waals surface area (Å²) in [5.74, 6) is 0.983. The Balaban J connectivity index is 1.30. The van der Waals surface area contributed by atoms with E-state index in [0.717, 1.165) is 58.5 Å². The number of carbonyl (C=O) groups excluding carboxylic acids is 1. The van der Waals surface area contributed by atoms with Gasteiger partial charge in [0.2, 0.25) is 0 Å². The van der Waals surface area contributed by atoms with Gasteiger partial charge in [-0.1, -0.05) is 19.1 Å². The van der Waals surface area contributed by atoms with Crippen molar-refractivity contribution in [3.05, 3.63) is 12.2 Å². The quantitative estimate of drug-likeness (QED) is 0.396. The molecule has 6 heteroatoms. The Bertz CT molecular complexity index is 604. The molecule has 4 rings (SSSR count). The summed E-state index contributed by atoms with van der Waals surface area (Å²) in [7, 11) is 0. The van der Waals surface area contributed by atoms with Crippen LogP contribution < -0.4 is 0 Å². The first kappa shape index (κ1) is 21.3. The summed E-state index contributed by atoms with van der Waals surface area (Å²) in [6.07, 6.45) is 5.84. The average molecular weight is 407 g/mol. The number of fused-ring (bicyclic) bond motifs is 2. The molecule has 4 aliphatic rings. The van der Waals surface area contributed by atoms with Gasteiger partial charge in [0.1, 0.15) is 6.10 Å². The Kier molecular flexibility index (Phi) is 6.64. The van der Waals surface area contributed by atoms with Crippen LogP contribution in [-0.4, -0.2) is 86.1 Å². The lowest BCUT2D eigenvalue weighted by molar-refractivity contribution is -0.146. The normalized spacial score (nSPS) is 38.6. The molecule has 2 heterocycles. The van der Waals surface area contributed by atoms with Crippen LogP contribution in [0.25, 0.3) is 0 Å². The predicted octanol–water partition coefficient (Wildman–Crippen LogP) is 1.93. The van der Waals surface area contributed by atoms with Gasteiger partial charge < -0.3 is 14.6 Å². The molecule has 0 aromatic rings. The number of rotatable bonds is 7. The fourth-order valence-corrected chi connectivity index (χ4v) is 6.30. The van der Waals surface area contributed by atoms with E-state index >= 15 is 0 Å². The molecule has 5 atom stereocenters. The van der Waals surface area contributed by atoms with Crippen LogP contribution in [0.3, 0.4) is 0 Å². The SMILES string of the molecule is C=C1CCC[C@]2(C)C[C@H]3OC(=O)[C@H](CN4CCN(CCOCCO)CC4)[C@@H]3C[C@H]12. The molecule has 2 saturated heterocycles. The van der Waals surface area contributed by atoms with Crippen molar-refractivity contribution < 1.29 is 19.4 Å². The van der Waals surface area contributed by atoms with Crippen molar-refractivity contribution >= 4 is 5.97 Å². The van der Waals surface area contributed by atoms with Crippen LogP contribution in [0.2, 0.25) is 0 Å². The fraction of sp³-hybridized carbons (Fsp3) is 0.870. The molecule has 29 heavy (non-hydrogen) atoms. The van der Waals surface area contributed by atoms with Crippen molar-refractivity contribution in [2.45, 2.75) is 45.1 Å². The molecule has 2 saturated carbocycles. The Morgan fingerprint density at radius 2 is 2.00 bits per heavy atom. The molecule has 0 bridgehead atoms. The maximum absolute atomic E-state index is 12.8. The highest BCUT2D eigenvalue weighted by Crippen LogP contribution is 2.56. The van der Waals surface area contributed by atoms with Gasteiger partial charge in [-0.05, 0) is 43.4 Å². The maximum atomic E-state index is 12.8. The van der Waals surface area contributed by atoms with Crippen LogP contribution in [0.5, 0.6) is 0 Å². The van der Waals surface area contributed by atoms with Crippen molar-refractivity contribution in [3.8, 4) is 0 Å². The number of esters is 1. The van der Waals surface area contributed by atoms with E-state index in [2.05, 4.69) is 23.3 Å². The van der Waals surface area contributed by atoms with E-state index in [1.807, 2.05) is 0 Å². The van der Waals surface area contributed by atoms with Crippen molar-refractivity contribution in [3.63, 3.8) is 0 Å². The van der Waals surface area contributed by atoms with Gasteiger partial charge in [-0.3, -0.25) is 14.6 Å². The number of hydrogen-bond donors (Lipinski definition) is 1. The van der Waals surface area contributed by atoms with Crippen LogP contribution in [-0.2, 0) is 14.3 Å². The lowest BCUT2D eigenvalue weighted by Gasteiger charge is -2.50. The highest BCUT2D eigenvalue weighted by molar-refractivity contribution is 5.75. The van der Waals surface area contributed by atoms with E-state index in [4.69, 9.17) is 14.6 Å². The largest absolute Gasteiger partial charge is 0.462 e. The Labute approximate surface area is 175 Å². The van der Waals surface area contributed by atoms with E-state index in [9.17, 15) is 4.79 Å². The zero-order valence-electron chi connectivity index (χ0n) is 18.0. The highest BCUT2D eigenvalue weighted by Gasteiger charge is 2.55. The molecule has 0 unspecified atom stereocenters. The number of allylic oxidation sites excluding steroid dienone is 1. The maximum Gasteiger partial charge on any atom is 0.310 e. The Morgan fingerprint density at radius 1 is 1.24 bits per heavy atom. The van der Waals surface area contributed by atoms with Crippen molar-refractivity contribution in [2.24, 2.45) is 23.2 Å². The van der Waals surface area contributed by atoms with Crippen molar-refractivity contribution in [1.82, 2.24) is 9.80 Å². The van der Waals surface area contributed by atoms with Gasteiger partial charge in [0.05, 0.1) is 25.7 Å². The summed E-state index contributed by atoms with van der Waals surface area (Å²) in [4.78, 5) is 17.6. The number of aliphatic hydroxyl groups is 1. The third kappa shape index (κ3) is 4.55. The first-order chi connectivity index (χ1) is 14.0. The molecule has 0 spiro atoms. The van der Waals surface area contributed by atoms with E-state index in [0.29, 0.717) is 25.0 Å². The summed E-state index contributed by atoms with van der Waals surface area (Å²) in [6.45, 7) is 13.7. The van der Waals surface area contributed by atoms with E-state index in [1.165, 1.54) is 18.4 Å². The van der Waals surface area contributed by atoms with Gasteiger partial charge in [-0.2, -0.15) is 0 Å². The average Bonchev–Trinajstić information content (AvgIpc) is 2.99. The molecule has 0 radical (unpaired) electrons. The van der Waals surface area contributed by atoms with Gasteiger partial charge in [0.25, 0.3) is 0 Å². The van der Waals surface area contributed by atoms with Crippen LogP contribution in [0.4, 0.5) is 0 Å². The molecule has 0 aromatic heterocycles. The number of aliphatic hydroxyl groups excluding tert-OH is 1. The molecule has 6 nitrogen and oxygen atoms in total. The lowest BCUT2D eigenvalue weighted by Crippen LogP contribution is -2.50. The van der Waals surface area contributed by atoms with Crippen molar-refractivity contribution in [2.75, 3.05) is 59.1 Å². The van der Waals surface area contributed by atoms with E-state index < -0.39 is 0 Å². The predicted molar refractivity (Wildman–Crippen MR) is 111 cm³/mol.